The minimum atomic E-state index is -4.60. The number of nitrogens with one attached hydrogen (secondary N) is 1. The predicted molar refractivity (Wildman–Crippen MR) is 173 cm³/mol. The number of carbonyl (C=O) groups excluding carboxylic acids is 1. The van der Waals surface area contributed by atoms with Gasteiger partial charge in [0.2, 0.25) is 0 Å². The van der Waals surface area contributed by atoms with Crippen molar-refractivity contribution in [2.24, 2.45) is 5.10 Å². The third kappa shape index (κ3) is 6.94. The molecule has 0 aliphatic carbocycles. The highest BCUT2D eigenvalue weighted by molar-refractivity contribution is 9.13. The maximum atomic E-state index is 13.5. The Morgan fingerprint density at radius 1 is 1.02 bits per heavy atom. The molecule has 5 rings (SSSR count). The van der Waals surface area contributed by atoms with E-state index >= 15 is 0 Å². The first-order valence-electron chi connectivity index (χ1n) is 13.3. The van der Waals surface area contributed by atoms with E-state index in [-0.39, 0.29) is 40.8 Å². The first-order valence-corrected chi connectivity index (χ1v) is 14.8. The molecule has 1 aromatic heterocycles. The summed E-state index contributed by atoms with van der Waals surface area (Å²) < 4.78 is 53.6. The monoisotopic (exact) mass is 742 g/mol. The van der Waals surface area contributed by atoms with Gasteiger partial charge in [0.15, 0.2) is 23.9 Å². The summed E-state index contributed by atoms with van der Waals surface area (Å²) in [6.07, 6.45) is -3.26. The minimum Gasteiger partial charge on any atom is -0.493 e. The number of fused-ring (bicyclic) bond motifs is 1. The molecule has 0 aliphatic heterocycles. The smallest absolute Gasteiger partial charge is 0.416 e. The van der Waals surface area contributed by atoms with Gasteiger partial charge in [-0.05, 0) is 80.7 Å². The van der Waals surface area contributed by atoms with Crippen LogP contribution in [0.3, 0.4) is 0 Å². The number of hydrogen-bond donors (Lipinski definition) is 1. The largest absolute Gasteiger partial charge is 0.493 e. The molecule has 8 nitrogen and oxygen atoms in total. The van der Waals surface area contributed by atoms with Crippen LogP contribution in [0, 0.1) is 6.92 Å². The number of carbonyl (C=O) groups is 1. The number of para-hydroxylation sites is 2. The van der Waals surface area contributed by atoms with E-state index in [0.717, 1.165) is 22.4 Å². The van der Waals surface area contributed by atoms with Gasteiger partial charge in [0.1, 0.15) is 0 Å². The molecule has 0 saturated carbocycles. The van der Waals surface area contributed by atoms with Gasteiger partial charge in [-0.3, -0.25) is 9.59 Å². The fraction of sp³-hybridized carbons (Fsp3) is 0.125. The number of anilines is 1. The molecule has 1 N–H and O–H groups in total. The summed E-state index contributed by atoms with van der Waals surface area (Å²) in [6, 6.07) is 19.9. The molecule has 13 heteroatoms. The number of amides is 1. The Hall–Kier alpha value is -4.49. The van der Waals surface area contributed by atoms with Crippen molar-refractivity contribution < 1.29 is 27.4 Å². The SMILES string of the molecule is COc1cc(C=Nn2c(-c3cccc(C(F)(F)F)c3)nc3ccccc3c2=O)c(Br)c(Br)c1OCC(=O)Nc1ccccc1C. The highest BCUT2D eigenvalue weighted by Gasteiger charge is 2.31. The number of benzene rings is 4. The Morgan fingerprint density at radius 2 is 1.76 bits per heavy atom. The quantitative estimate of drug-likeness (QED) is 0.164. The zero-order valence-corrected chi connectivity index (χ0v) is 26.8. The molecule has 230 valence electrons. The lowest BCUT2D eigenvalue weighted by atomic mass is 10.1. The number of hydrogen-bond acceptors (Lipinski definition) is 6. The molecular weight excluding hydrogens is 721 g/mol. The lowest BCUT2D eigenvalue weighted by molar-refractivity contribution is -0.137. The van der Waals surface area contributed by atoms with Crippen LogP contribution >= 0.6 is 31.9 Å². The average Bonchev–Trinajstić information content (AvgIpc) is 3.02. The third-order valence-corrected chi connectivity index (χ3v) is 8.80. The van der Waals surface area contributed by atoms with Gasteiger partial charge in [-0.25, -0.2) is 4.98 Å². The van der Waals surface area contributed by atoms with E-state index in [1.54, 1.807) is 36.4 Å². The number of aryl methyl sites for hydroxylation is 1. The number of alkyl halides is 3. The molecule has 5 aromatic rings. The van der Waals surface area contributed by atoms with E-state index in [2.05, 4.69) is 47.3 Å². The average molecular weight is 744 g/mol. The van der Waals surface area contributed by atoms with Crippen LogP contribution in [0.1, 0.15) is 16.7 Å². The van der Waals surface area contributed by atoms with Crippen LogP contribution in [0.25, 0.3) is 22.3 Å². The fourth-order valence-electron chi connectivity index (χ4n) is 4.39. The lowest BCUT2D eigenvalue weighted by Gasteiger charge is -2.16. The second kappa shape index (κ2) is 13.2. The maximum absolute atomic E-state index is 13.5. The highest BCUT2D eigenvalue weighted by Crippen LogP contribution is 2.42. The van der Waals surface area contributed by atoms with Crippen molar-refractivity contribution in [1.82, 2.24) is 9.66 Å². The zero-order chi connectivity index (χ0) is 32.3. The van der Waals surface area contributed by atoms with Crippen molar-refractivity contribution in [3.63, 3.8) is 0 Å². The van der Waals surface area contributed by atoms with Gasteiger partial charge < -0.3 is 14.8 Å². The Bertz CT molecular complexity index is 2010. The lowest BCUT2D eigenvalue weighted by Crippen LogP contribution is -2.21. The van der Waals surface area contributed by atoms with Crippen LogP contribution in [-0.4, -0.2) is 35.5 Å². The van der Waals surface area contributed by atoms with E-state index in [0.29, 0.717) is 25.7 Å². The van der Waals surface area contributed by atoms with Gasteiger partial charge in [0, 0.05) is 21.3 Å². The first-order chi connectivity index (χ1) is 21.5. The van der Waals surface area contributed by atoms with Gasteiger partial charge in [-0.2, -0.15) is 22.9 Å². The van der Waals surface area contributed by atoms with E-state index in [1.165, 1.54) is 25.5 Å². The molecule has 0 bridgehead atoms. The van der Waals surface area contributed by atoms with Crippen LogP contribution in [0.15, 0.2) is 97.7 Å². The Labute approximate surface area is 271 Å². The summed E-state index contributed by atoms with van der Waals surface area (Å²) in [6.45, 7) is 1.56. The van der Waals surface area contributed by atoms with Crippen molar-refractivity contribution in [3.8, 4) is 22.9 Å². The van der Waals surface area contributed by atoms with Crippen molar-refractivity contribution in [2.75, 3.05) is 19.0 Å². The Morgan fingerprint density at radius 3 is 2.49 bits per heavy atom. The summed E-state index contributed by atoms with van der Waals surface area (Å²) in [5, 5.41) is 7.38. The number of halogens is 5. The van der Waals surface area contributed by atoms with Gasteiger partial charge in [0.25, 0.3) is 11.5 Å². The van der Waals surface area contributed by atoms with Crippen LogP contribution in [0.5, 0.6) is 11.5 Å². The van der Waals surface area contributed by atoms with Gasteiger partial charge >= 0.3 is 6.18 Å². The van der Waals surface area contributed by atoms with Crippen LogP contribution in [0.4, 0.5) is 18.9 Å². The molecule has 0 fully saturated rings. The van der Waals surface area contributed by atoms with Crippen LogP contribution < -0.4 is 20.3 Å². The molecule has 1 amide bonds. The van der Waals surface area contributed by atoms with Crippen LogP contribution in [-0.2, 0) is 11.0 Å². The molecular formula is C32H23Br2F3N4O4. The van der Waals surface area contributed by atoms with E-state index in [9.17, 15) is 22.8 Å². The summed E-state index contributed by atoms with van der Waals surface area (Å²) in [5.41, 5.74) is 0.866. The topological polar surface area (TPSA) is 94.8 Å². The Balaban J connectivity index is 1.51. The summed E-state index contributed by atoms with van der Waals surface area (Å²) in [4.78, 5) is 30.6. The number of methoxy groups -OCH3 is 1. The standard InChI is InChI=1S/C32H23Br2F3N4O4/c1-18-8-3-5-12-23(18)39-26(42)17-45-29-25(44-2)15-20(27(33)28(29)34)16-38-41-30(19-9-7-10-21(14-19)32(35,36)37)40-24-13-6-4-11-22(24)31(41)43/h3-16H,17H2,1-2H3,(H,39,42). The number of aromatic nitrogens is 2. The summed E-state index contributed by atoms with van der Waals surface area (Å²) in [5.74, 6) is 0.0149. The minimum absolute atomic E-state index is 0.0513. The van der Waals surface area contributed by atoms with Crippen LogP contribution in [0.2, 0.25) is 0 Å². The second-order valence-corrected chi connectivity index (χ2v) is 11.3. The predicted octanol–water partition coefficient (Wildman–Crippen LogP) is 7.82. The van der Waals surface area contributed by atoms with Gasteiger partial charge in [-0.1, -0.05) is 42.5 Å². The normalized spacial score (nSPS) is 11.6. The zero-order valence-electron chi connectivity index (χ0n) is 23.7. The van der Waals surface area contributed by atoms with Gasteiger partial charge in [-0.15, -0.1) is 0 Å². The molecule has 4 aromatic carbocycles. The van der Waals surface area contributed by atoms with E-state index in [1.807, 2.05) is 25.1 Å². The van der Waals surface area contributed by atoms with E-state index < -0.39 is 17.3 Å². The summed E-state index contributed by atoms with van der Waals surface area (Å²) in [7, 11) is 1.42. The van der Waals surface area contributed by atoms with Crippen molar-refractivity contribution in [3.05, 3.63) is 115 Å². The molecule has 0 unspecified atom stereocenters. The number of nitrogens with zero attached hydrogens (tertiary/aromatic N) is 3. The molecule has 1 heterocycles. The number of ether oxygens (including phenoxy) is 2. The summed E-state index contributed by atoms with van der Waals surface area (Å²) >= 11 is 6.96. The molecule has 0 radical (unpaired) electrons. The molecule has 45 heavy (non-hydrogen) atoms. The van der Waals surface area contributed by atoms with Crippen molar-refractivity contribution >= 4 is 60.6 Å². The maximum Gasteiger partial charge on any atom is 0.416 e. The van der Waals surface area contributed by atoms with E-state index in [4.69, 9.17) is 9.47 Å². The molecule has 0 spiro atoms. The highest BCUT2D eigenvalue weighted by atomic mass is 79.9. The molecule has 0 saturated heterocycles. The Kier molecular flexibility index (Phi) is 9.40. The van der Waals surface area contributed by atoms with Gasteiger partial charge in [0.05, 0.1) is 34.3 Å². The third-order valence-electron chi connectivity index (χ3n) is 6.66. The van der Waals surface area contributed by atoms with Crippen molar-refractivity contribution in [2.45, 2.75) is 13.1 Å². The second-order valence-electron chi connectivity index (χ2n) is 9.67. The molecule has 0 aliphatic rings. The number of rotatable bonds is 8. The van der Waals surface area contributed by atoms with Crippen molar-refractivity contribution in [1.29, 1.82) is 0 Å². The fourth-order valence-corrected chi connectivity index (χ4v) is 5.33. The first kappa shape index (κ1) is 31.9. The molecule has 0 atom stereocenters.